The van der Waals surface area contributed by atoms with Crippen LogP contribution in [0.25, 0.3) is 0 Å². The van der Waals surface area contributed by atoms with Crippen molar-refractivity contribution in [2.45, 2.75) is 64.7 Å². The average molecular weight is 374 g/mol. The number of H-pyrrole nitrogens is 1. The van der Waals surface area contributed by atoms with Crippen molar-refractivity contribution in [1.82, 2.24) is 9.97 Å². The highest BCUT2D eigenvalue weighted by Crippen LogP contribution is 2.36. The summed E-state index contributed by atoms with van der Waals surface area (Å²) in [5, 5.41) is 0. The monoisotopic (exact) mass is 374 g/mol. The highest BCUT2D eigenvalue weighted by Gasteiger charge is 2.25. The number of rotatable bonds is 3. The van der Waals surface area contributed by atoms with E-state index in [4.69, 9.17) is 4.98 Å². The van der Waals surface area contributed by atoms with Crippen LogP contribution in [0.4, 0.5) is 0 Å². The Labute approximate surface area is 128 Å². The molecule has 0 spiro atoms. The summed E-state index contributed by atoms with van der Waals surface area (Å²) in [7, 11) is 0. The number of hydrogen-bond acceptors (Lipinski definition) is 2. The molecule has 0 radical (unpaired) electrons. The number of aromatic nitrogens is 2. The van der Waals surface area contributed by atoms with Crippen LogP contribution in [0, 0.1) is 9.49 Å². The minimum Gasteiger partial charge on any atom is -0.309 e. The maximum Gasteiger partial charge on any atom is 0.264 e. The smallest absolute Gasteiger partial charge is 0.264 e. The van der Waals surface area contributed by atoms with Crippen molar-refractivity contribution in [1.29, 1.82) is 0 Å². The summed E-state index contributed by atoms with van der Waals surface area (Å²) < 4.78 is 0.749. The van der Waals surface area contributed by atoms with Gasteiger partial charge in [-0.05, 0) is 47.3 Å². The molecule has 1 aromatic heterocycles. The van der Waals surface area contributed by atoms with Crippen molar-refractivity contribution in [3.63, 3.8) is 0 Å². The van der Waals surface area contributed by atoms with Crippen LogP contribution in [0.1, 0.15) is 76.2 Å². The average Bonchev–Trinajstić information content (AvgIpc) is 2.41. The number of halogens is 1. The first-order chi connectivity index (χ1) is 9.02. The molecule has 4 heteroatoms. The summed E-state index contributed by atoms with van der Waals surface area (Å²) in [4.78, 5) is 19.8. The number of aromatic amines is 1. The fourth-order valence-electron chi connectivity index (χ4n) is 2.98. The van der Waals surface area contributed by atoms with Crippen molar-refractivity contribution in [2.24, 2.45) is 5.92 Å². The fraction of sp³-hybridized carbons (Fsp3) is 0.733. The molecular weight excluding hydrogens is 351 g/mol. The summed E-state index contributed by atoms with van der Waals surface area (Å²) in [5.74, 6) is 2.47. The van der Waals surface area contributed by atoms with E-state index >= 15 is 0 Å². The van der Waals surface area contributed by atoms with Crippen molar-refractivity contribution in [3.05, 3.63) is 25.4 Å². The Kier molecular flexibility index (Phi) is 5.03. The third-order valence-corrected chi connectivity index (χ3v) is 5.24. The first-order valence-corrected chi connectivity index (χ1v) is 8.40. The first-order valence-electron chi connectivity index (χ1n) is 7.32. The van der Waals surface area contributed by atoms with Crippen molar-refractivity contribution in [3.8, 4) is 0 Å². The van der Waals surface area contributed by atoms with E-state index in [1.54, 1.807) is 0 Å². The minimum absolute atomic E-state index is 0.0351. The van der Waals surface area contributed by atoms with Crippen LogP contribution >= 0.6 is 22.6 Å². The largest absolute Gasteiger partial charge is 0.309 e. The molecule has 1 aliphatic carbocycles. The standard InChI is InChI=1S/C15H23IN2O/c1-4-10-6-5-7-11(8-10)14-17-13(9(2)3)12(16)15(19)18-14/h9-11H,4-8H2,1-3H3,(H,17,18,19). The van der Waals surface area contributed by atoms with Crippen molar-refractivity contribution >= 4 is 22.6 Å². The maximum absolute atomic E-state index is 12.1. The van der Waals surface area contributed by atoms with Crippen LogP contribution in [-0.4, -0.2) is 9.97 Å². The van der Waals surface area contributed by atoms with E-state index in [0.29, 0.717) is 11.8 Å². The maximum atomic E-state index is 12.1. The van der Waals surface area contributed by atoms with Crippen LogP contribution in [-0.2, 0) is 0 Å². The van der Waals surface area contributed by atoms with Gasteiger partial charge in [0.15, 0.2) is 0 Å². The Morgan fingerprint density at radius 2 is 2.16 bits per heavy atom. The quantitative estimate of drug-likeness (QED) is 0.807. The molecule has 0 aromatic carbocycles. The van der Waals surface area contributed by atoms with Gasteiger partial charge in [-0.2, -0.15) is 0 Å². The van der Waals surface area contributed by atoms with Gasteiger partial charge in [0.05, 0.1) is 9.26 Å². The van der Waals surface area contributed by atoms with Gasteiger partial charge >= 0.3 is 0 Å². The van der Waals surface area contributed by atoms with Crippen LogP contribution in [0.5, 0.6) is 0 Å². The van der Waals surface area contributed by atoms with E-state index in [0.717, 1.165) is 27.4 Å². The normalized spacial score (nSPS) is 23.8. The third kappa shape index (κ3) is 3.38. The van der Waals surface area contributed by atoms with Gasteiger partial charge in [-0.3, -0.25) is 4.79 Å². The molecule has 3 nitrogen and oxygen atoms in total. The third-order valence-electron chi connectivity index (χ3n) is 4.20. The summed E-state index contributed by atoms with van der Waals surface area (Å²) in [6.45, 7) is 6.46. The molecule has 1 heterocycles. The van der Waals surface area contributed by atoms with Gasteiger partial charge in [0.25, 0.3) is 5.56 Å². The van der Waals surface area contributed by atoms with Gasteiger partial charge < -0.3 is 4.98 Å². The molecule has 1 saturated carbocycles. The molecule has 0 bridgehead atoms. The predicted molar refractivity (Wildman–Crippen MR) is 86.7 cm³/mol. The van der Waals surface area contributed by atoms with E-state index < -0.39 is 0 Å². The van der Waals surface area contributed by atoms with Crippen LogP contribution in [0.3, 0.4) is 0 Å². The topological polar surface area (TPSA) is 45.8 Å². The zero-order valence-electron chi connectivity index (χ0n) is 12.0. The Hall–Kier alpha value is -0.390. The molecule has 2 unspecified atom stereocenters. The van der Waals surface area contributed by atoms with Crippen molar-refractivity contribution < 1.29 is 0 Å². The number of nitrogens with zero attached hydrogens (tertiary/aromatic N) is 1. The molecule has 1 aromatic rings. The Morgan fingerprint density at radius 3 is 2.79 bits per heavy atom. The second-order valence-electron chi connectivity index (χ2n) is 5.94. The molecule has 1 fully saturated rings. The summed E-state index contributed by atoms with van der Waals surface area (Å²) in [5.41, 5.74) is 0.992. The van der Waals surface area contributed by atoms with E-state index in [1.165, 1.54) is 25.7 Å². The lowest BCUT2D eigenvalue weighted by molar-refractivity contribution is 0.306. The Morgan fingerprint density at radius 1 is 1.42 bits per heavy atom. The summed E-state index contributed by atoms with van der Waals surface area (Å²) >= 11 is 2.11. The lowest BCUT2D eigenvalue weighted by Gasteiger charge is -2.28. The molecule has 1 N–H and O–H groups in total. The molecular formula is C15H23IN2O. The van der Waals surface area contributed by atoms with Crippen LogP contribution in [0.2, 0.25) is 0 Å². The molecule has 1 aliphatic rings. The summed E-state index contributed by atoms with van der Waals surface area (Å²) in [6, 6.07) is 0. The van der Waals surface area contributed by atoms with Gasteiger partial charge in [0.1, 0.15) is 5.82 Å². The van der Waals surface area contributed by atoms with E-state index in [2.05, 4.69) is 48.3 Å². The summed E-state index contributed by atoms with van der Waals surface area (Å²) in [6.07, 6.45) is 6.17. The number of nitrogens with one attached hydrogen (secondary N) is 1. The minimum atomic E-state index is 0.0351. The Balaban J connectivity index is 2.32. The van der Waals surface area contributed by atoms with Gasteiger partial charge in [-0.15, -0.1) is 0 Å². The SMILES string of the molecule is CCC1CCCC(c2nc(C(C)C)c(I)c(=O)[nH]2)C1. The van der Waals surface area contributed by atoms with Gasteiger partial charge in [-0.1, -0.05) is 40.0 Å². The molecule has 0 saturated heterocycles. The van der Waals surface area contributed by atoms with Gasteiger partial charge in [0.2, 0.25) is 0 Å². The molecule has 2 atom stereocenters. The zero-order valence-corrected chi connectivity index (χ0v) is 14.2. The lowest BCUT2D eigenvalue weighted by atomic mass is 9.80. The van der Waals surface area contributed by atoms with E-state index in [9.17, 15) is 4.79 Å². The van der Waals surface area contributed by atoms with Gasteiger partial charge in [0, 0.05) is 5.92 Å². The first kappa shape index (κ1) is 15.0. The molecule has 0 aliphatic heterocycles. The Bertz CT molecular complexity index is 495. The van der Waals surface area contributed by atoms with Crippen LogP contribution in [0.15, 0.2) is 4.79 Å². The highest BCUT2D eigenvalue weighted by molar-refractivity contribution is 14.1. The second-order valence-corrected chi connectivity index (χ2v) is 7.02. The molecule has 19 heavy (non-hydrogen) atoms. The number of hydrogen-bond donors (Lipinski definition) is 1. The predicted octanol–water partition coefficient (Wildman–Crippen LogP) is 4.18. The van der Waals surface area contributed by atoms with E-state index in [-0.39, 0.29) is 5.56 Å². The molecule has 2 rings (SSSR count). The van der Waals surface area contributed by atoms with Crippen LogP contribution < -0.4 is 5.56 Å². The molecule has 0 amide bonds. The zero-order chi connectivity index (χ0) is 14.0. The highest BCUT2D eigenvalue weighted by atomic mass is 127. The van der Waals surface area contributed by atoms with E-state index in [1.807, 2.05) is 0 Å². The lowest BCUT2D eigenvalue weighted by Crippen LogP contribution is -2.23. The fourth-order valence-corrected chi connectivity index (χ4v) is 3.86. The second kappa shape index (κ2) is 6.37. The molecule has 106 valence electrons. The van der Waals surface area contributed by atoms with Crippen molar-refractivity contribution in [2.75, 3.05) is 0 Å². The van der Waals surface area contributed by atoms with Gasteiger partial charge in [-0.25, -0.2) is 4.98 Å².